The summed E-state index contributed by atoms with van der Waals surface area (Å²) < 4.78 is 4.31. The van der Waals surface area contributed by atoms with Crippen molar-refractivity contribution in [2.75, 3.05) is 11.9 Å². The molecule has 0 spiro atoms. The van der Waals surface area contributed by atoms with Crippen LogP contribution in [0.3, 0.4) is 0 Å². The molecule has 2 N–H and O–H groups in total. The fourth-order valence-electron chi connectivity index (χ4n) is 1.49. The highest BCUT2D eigenvalue weighted by atomic mass is 32.1. The van der Waals surface area contributed by atoms with Crippen molar-refractivity contribution in [2.24, 2.45) is 0 Å². The molecule has 2 heterocycles. The van der Waals surface area contributed by atoms with E-state index in [4.69, 9.17) is 0 Å². The minimum Gasteiger partial charge on any atom is -0.387 e. The van der Waals surface area contributed by atoms with E-state index < -0.39 is 6.10 Å². The van der Waals surface area contributed by atoms with E-state index >= 15 is 0 Å². The molecule has 1 unspecified atom stereocenters. The number of nitrogens with one attached hydrogen (secondary N) is 1. The van der Waals surface area contributed by atoms with Gasteiger partial charge in [0.1, 0.15) is 5.82 Å². The van der Waals surface area contributed by atoms with Gasteiger partial charge >= 0.3 is 0 Å². The number of anilines is 1. The third-order valence-corrected chi connectivity index (χ3v) is 3.31. The minimum absolute atomic E-state index is 0.0554. The molecule has 2 aromatic rings. The van der Waals surface area contributed by atoms with Gasteiger partial charge in [0.25, 0.3) is 0 Å². The molecule has 1 atom stereocenters. The fourth-order valence-corrected chi connectivity index (χ4v) is 2.25. The summed E-state index contributed by atoms with van der Waals surface area (Å²) in [6.07, 6.45) is 2.76. The molecule has 19 heavy (non-hydrogen) atoms. The summed E-state index contributed by atoms with van der Waals surface area (Å²) in [6, 6.07) is 3.60. The lowest BCUT2D eigenvalue weighted by Crippen LogP contribution is -2.14. The van der Waals surface area contributed by atoms with Crippen LogP contribution >= 0.6 is 11.5 Å². The number of hydrogen-bond donors (Lipinski definition) is 2. The predicted molar refractivity (Wildman–Crippen MR) is 76.3 cm³/mol. The van der Waals surface area contributed by atoms with Crippen LogP contribution in [-0.4, -0.2) is 26.0 Å². The summed E-state index contributed by atoms with van der Waals surface area (Å²) in [5.74, 6) is 0.818. The quantitative estimate of drug-likeness (QED) is 0.898. The van der Waals surface area contributed by atoms with Gasteiger partial charge in [0, 0.05) is 35.9 Å². The second kappa shape index (κ2) is 5.63. The van der Waals surface area contributed by atoms with Gasteiger partial charge in [-0.1, -0.05) is 20.8 Å². The Morgan fingerprint density at radius 1 is 1.32 bits per heavy atom. The maximum Gasteiger partial charge on any atom is 0.202 e. The van der Waals surface area contributed by atoms with Gasteiger partial charge in [-0.05, 0) is 17.7 Å². The Labute approximate surface area is 116 Å². The average Bonchev–Trinajstić information content (AvgIpc) is 2.86. The lowest BCUT2D eigenvalue weighted by atomic mass is 9.96. The van der Waals surface area contributed by atoms with Crippen molar-refractivity contribution in [1.82, 2.24) is 14.3 Å². The van der Waals surface area contributed by atoms with Gasteiger partial charge in [0.2, 0.25) is 5.13 Å². The number of pyridine rings is 1. The van der Waals surface area contributed by atoms with Crippen LogP contribution in [0, 0.1) is 0 Å². The summed E-state index contributed by atoms with van der Waals surface area (Å²) in [7, 11) is 0. The fraction of sp³-hybridized carbons (Fsp3) is 0.462. The van der Waals surface area contributed by atoms with E-state index in [9.17, 15) is 5.11 Å². The molecular formula is C13H18N4OS. The van der Waals surface area contributed by atoms with Crippen molar-refractivity contribution < 1.29 is 5.11 Å². The number of hydrogen-bond acceptors (Lipinski definition) is 6. The Kier molecular flexibility index (Phi) is 4.11. The molecule has 0 amide bonds. The predicted octanol–water partition coefficient (Wildman–Crippen LogP) is 2.38. The van der Waals surface area contributed by atoms with Crippen molar-refractivity contribution in [3.63, 3.8) is 0 Å². The van der Waals surface area contributed by atoms with Crippen molar-refractivity contribution in [3.8, 4) is 0 Å². The molecule has 0 radical (unpaired) electrons. The normalized spacial score (nSPS) is 13.3. The molecule has 0 fully saturated rings. The van der Waals surface area contributed by atoms with Gasteiger partial charge < -0.3 is 10.4 Å². The van der Waals surface area contributed by atoms with Crippen LogP contribution < -0.4 is 5.32 Å². The Balaban J connectivity index is 1.94. The zero-order valence-electron chi connectivity index (χ0n) is 11.3. The molecule has 0 saturated heterocycles. The topological polar surface area (TPSA) is 70.9 Å². The van der Waals surface area contributed by atoms with E-state index in [1.165, 1.54) is 11.5 Å². The summed E-state index contributed by atoms with van der Waals surface area (Å²) in [5, 5.41) is 13.9. The second-order valence-electron chi connectivity index (χ2n) is 5.35. The van der Waals surface area contributed by atoms with Crippen molar-refractivity contribution in [1.29, 1.82) is 0 Å². The van der Waals surface area contributed by atoms with Crippen LogP contribution in [-0.2, 0) is 5.41 Å². The number of aliphatic hydroxyl groups excluding tert-OH is 1. The maximum absolute atomic E-state index is 10.0. The van der Waals surface area contributed by atoms with E-state index in [1.54, 1.807) is 24.5 Å². The lowest BCUT2D eigenvalue weighted by molar-refractivity contribution is 0.191. The molecule has 2 aromatic heterocycles. The van der Waals surface area contributed by atoms with Gasteiger partial charge in [-0.3, -0.25) is 4.98 Å². The van der Waals surface area contributed by atoms with Crippen molar-refractivity contribution >= 4 is 16.7 Å². The zero-order chi connectivity index (χ0) is 13.9. The summed E-state index contributed by atoms with van der Waals surface area (Å²) in [4.78, 5) is 8.34. The molecule has 0 aliphatic rings. The smallest absolute Gasteiger partial charge is 0.202 e. The average molecular weight is 278 g/mol. The van der Waals surface area contributed by atoms with Crippen LogP contribution in [0.4, 0.5) is 5.13 Å². The first-order valence-corrected chi connectivity index (χ1v) is 6.90. The first-order chi connectivity index (χ1) is 8.97. The summed E-state index contributed by atoms with van der Waals surface area (Å²) in [6.45, 7) is 6.63. The Morgan fingerprint density at radius 2 is 2.00 bits per heavy atom. The van der Waals surface area contributed by atoms with Gasteiger partial charge in [0.05, 0.1) is 6.10 Å². The van der Waals surface area contributed by atoms with Crippen LogP contribution in [0.1, 0.15) is 38.3 Å². The van der Waals surface area contributed by atoms with Crippen LogP contribution in [0.15, 0.2) is 24.5 Å². The second-order valence-corrected chi connectivity index (χ2v) is 6.10. The Morgan fingerprint density at radius 3 is 2.58 bits per heavy atom. The third kappa shape index (κ3) is 3.71. The molecule has 102 valence electrons. The zero-order valence-corrected chi connectivity index (χ0v) is 12.1. The monoisotopic (exact) mass is 278 g/mol. The van der Waals surface area contributed by atoms with E-state index in [1.807, 2.05) is 0 Å². The first kappa shape index (κ1) is 13.9. The number of aliphatic hydroxyl groups is 1. The molecule has 0 aliphatic carbocycles. The third-order valence-electron chi connectivity index (χ3n) is 2.63. The van der Waals surface area contributed by atoms with Crippen LogP contribution in [0.2, 0.25) is 0 Å². The molecule has 0 aromatic carbocycles. The molecule has 6 heteroatoms. The number of nitrogens with zero attached hydrogens (tertiary/aromatic N) is 3. The summed E-state index contributed by atoms with van der Waals surface area (Å²) in [5.41, 5.74) is 0.781. The molecule has 0 bridgehead atoms. The largest absolute Gasteiger partial charge is 0.387 e. The first-order valence-electron chi connectivity index (χ1n) is 6.13. The highest BCUT2D eigenvalue weighted by Crippen LogP contribution is 2.23. The highest BCUT2D eigenvalue weighted by molar-refractivity contribution is 7.09. The Hall–Kier alpha value is -1.53. The van der Waals surface area contributed by atoms with E-state index in [0.29, 0.717) is 6.54 Å². The van der Waals surface area contributed by atoms with Gasteiger partial charge in [-0.25, -0.2) is 4.98 Å². The van der Waals surface area contributed by atoms with E-state index in [0.717, 1.165) is 16.5 Å². The van der Waals surface area contributed by atoms with Crippen molar-refractivity contribution in [3.05, 3.63) is 35.9 Å². The van der Waals surface area contributed by atoms with Gasteiger partial charge in [0.15, 0.2) is 0 Å². The number of aromatic nitrogens is 3. The standard InChI is InChI=1S/C13H18N4OS/c1-13(2,3)11-16-12(19-17-11)15-8-10(18)9-4-6-14-7-5-9/h4-7,10,18H,8H2,1-3H3,(H,15,16,17). The van der Waals surface area contributed by atoms with Crippen molar-refractivity contribution in [2.45, 2.75) is 32.3 Å². The lowest BCUT2D eigenvalue weighted by Gasteiger charge is -2.13. The van der Waals surface area contributed by atoms with Gasteiger partial charge in [-0.15, -0.1) is 0 Å². The molecular weight excluding hydrogens is 260 g/mol. The highest BCUT2D eigenvalue weighted by Gasteiger charge is 2.19. The molecule has 0 saturated carbocycles. The Bertz CT molecular complexity index is 521. The van der Waals surface area contributed by atoms with Crippen LogP contribution in [0.25, 0.3) is 0 Å². The maximum atomic E-state index is 10.0. The molecule has 5 nitrogen and oxygen atoms in total. The minimum atomic E-state index is -0.579. The SMILES string of the molecule is CC(C)(C)c1nsc(NCC(O)c2ccncc2)n1. The molecule has 2 rings (SSSR count). The number of rotatable bonds is 4. The van der Waals surface area contributed by atoms with E-state index in [2.05, 4.69) is 40.4 Å². The van der Waals surface area contributed by atoms with Gasteiger partial charge in [-0.2, -0.15) is 4.37 Å². The van der Waals surface area contributed by atoms with Crippen LogP contribution in [0.5, 0.6) is 0 Å². The molecule has 0 aliphatic heterocycles. The summed E-state index contributed by atoms with van der Waals surface area (Å²) >= 11 is 1.32. The van der Waals surface area contributed by atoms with E-state index in [-0.39, 0.29) is 5.41 Å².